The molecule has 21 heavy (non-hydrogen) atoms. The molecule has 0 unspecified atom stereocenters. The summed E-state index contributed by atoms with van der Waals surface area (Å²) in [7, 11) is -3.15. The van der Waals surface area contributed by atoms with Crippen molar-refractivity contribution in [3.8, 4) is 0 Å². The van der Waals surface area contributed by atoms with E-state index in [0.717, 1.165) is 0 Å². The van der Waals surface area contributed by atoms with E-state index in [1.165, 1.54) is 13.0 Å². The highest BCUT2D eigenvalue weighted by Crippen LogP contribution is 2.19. The summed E-state index contributed by atoms with van der Waals surface area (Å²) >= 11 is 0. The number of hydrogen-bond donors (Lipinski definition) is 3. The first kappa shape index (κ1) is 17.0. The molecule has 116 valence electrons. The van der Waals surface area contributed by atoms with Crippen molar-refractivity contribution in [2.45, 2.75) is 13.8 Å². The standard InChI is InChI=1S/C13H18N2O5S/c1-3-21(19,20)8-7-14-13(18)15-10-6-4-5-9(2)11(10)12(16)17/h4-6H,3,7-8H2,1-2H3,(H,16,17)(H2,14,15,18). The van der Waals surface area contributed by atoms with Gasteiger partial charge in [-0.05, 0) is 18.6 Å². The Morgan fingerprint density at radius 3 is 2.52 bits per heavy atom. The number of anilines is 1. The summed E-state index contributed by atoms with van der Waals surface area (Å²) in [4.78, 5) is 22.8. The molecule has 1 aromatic rings. The summed E-state index contributed by atoms with van der Waals surface area (Å²) in [5.41, 5.74) is 0.695. The average molecular weight is 314 g/mol. The largest absolute Gasteiger partial charge is 0.478 e. The Labute approximate surface area is 123 Å². The van der Waals surface area contributed by atoms with Gasteiger partial charge in [-0.3, -0.25) is 0 Å². The first-order valence-electron chi connectivity index (χ1n) is 6.35. The van der Waals surface area contributed by atoms with Gasteiger partial charge in [0.25, 0.3) is 0 Å². The second-order valence-electron chi connectivity index (χ2n) is 4.42. The highest BCUT2D eigenvalue weighted by atomic mass is 32.2. The van der Waals surface area contributed by atoms with E-state index in [1.54, 1.807) is 19.1 Å². The average Bonchev–Trinajstić information content (AvgIpc) is 2.38. The Morgan fingerprint density at radius 1 is 1.29 bits per heavy atom. The molecule has 0 spiro atoms. The summed E-state index contributed by atoms with van der Waals surface area (Å²) in [5.74, 6) is -1.29. The van der Waals surface area contributed by atoms with Crippen LogP contribution in [0.15, 0.2) is 18.2 Å². The first-order chi connectivity index (χ1) is 9.76. The number of carboxylic acids is 1. The number of amides is 2. The van der Waals surface area contributed by atoms with Crippen molar-refractivity contribution in [2.75, 3.05) is 23.4 Å². The van der Waals surface area contributed by atoms with Crippen LogP contribution in [0.1, 0.15) is 22.8 Å². The number of hydrogen-bond acceptors (Lipinski definition) is 4. The van der Waals surface area contributed by atoms with Crippen molar-refractivity contribution in [3.05, 3.63) is 29.3 Å². The monoisotopic (exact) mass is 314 g/mol. The van der Waals surface area contributed by atoms with E-state index in [2.05, 4.69) is 10.6 Å². The number of aryl methyl sites for hydroxylation is 1. The molecule has 0 saturated heterocycles. The number of carbonyl (C=O) groups excluding carboxylic acids is 1. The SMILES string of the molecule is CCS(=O)(=O)CCNC(=O)Nc1cccc(C)c1C(=O)O. The van der Waals surface area contributed by atoms with E-state index in [1.807, 2.05) is 0 Å². The van der Waals surface area contributed by atoms with Crippen molar-refractivity contribution >= 4 is 27.5 Å². The molecule has 0 aliphatic heterocycles. The molecule has 0 atom stereocenters. The fraction of sp³-hybridized carbons (Fsp3) is 0.385. The van der Waals surface area contributed by atoms with Gasteiger partial charge >= 0.3 is 12.0 Å². The van der Waals surface area contributed by atoms with Gasteiger partial charge in [0, 0.05) is 12.3 Å². The third kappa shape index (κ3) is 5.07. The number of urea groups is 1. The van der Waals surface area contributed by atoms with Crippen LogP contribution in [-0.4, -0.2) is 43.6 Å². The molecule has 0 saturated carbocycles. The molecule has 2 amide bonds. The molecule has 8 heteroatoms. The van der Waals surface area contributed by atoms with Gasteiger partial charge in [-0.2, -0.15) is 0 Å². The normalized spacial score (nSPS) is 11.0. The van der Waals surface area contributed by atoms with Crippen LogP contribution < -0.4 is 10.6 Å². The molecule has 0 heterocycles. The second kappa shape index (κ2) is 7.07. The lowest BCUT2D eigenvalue weighted by Gasteiger charge is -2.11. The predicted octanol–water partition coefficient (Wildman–Crippen LogP) is 1.25. The van der Waals surface area contributed by atoms with Gasteiger partial charge in [-0.25, -0.2) is 18.0 Å². The Hall–Kier alpha value is -2.09. The number of benzene rings is 1. The summed E-state index contributed by atoms with van der Waals surface area (Å²) in [6.07, 6.45) is 0. The van der Waals surface area contributed by atoms with E-state index in [9.17, 15) is 18.0 Å². The molecule has 0 fully saturated rings. The van der Waals surface area contributed by atoms with Crippen molar-refractivity contribution < 1.29 is 23.1 Å². The Balaban J connectivity index is 2.68. The maximum atomic E-state index is 11.7. The fourth-order valence-electron chi connectivity index (χ4n) is 1.69. The maximum Gasteiger partial charge on any atom is 0.338 e. The number of sulfone groups is 1. The van der Waals surface area contributed by atoms with Crippen LogP contribution in [-0.2, 0) is 9.84 Å². The number of aromatic carboxylic acids is 1. The van der Waals surface area contributed by atoms with Crippen LogP contribution in [0.5, 0.6) is 0 Å². The summed E-state index contributed by atoms with van der Waals surface area (Å²) < 4.78 is 22.6. The molecule has 0 bridgehead atoms. The van der Waals surface area contributed by atoms with E-state index < -0.39 is 21.8 Å². The molecular formula is C13H18N2O5S. The molecule has 3 N–H and O–H groups in total. The number of nitrogens with one attached hydrogen (secondary N) is 2. The van der Waals surface area contributed by atoms with Crippen molar-refractivity contribution in [3.63, 3.8) is 0 Å². The molecule has 0 radical (unpaired) electrons. The van der Waals surface area contributed by atoms with Gasteiger partial charge < -0.3 is 15.7 Å². The van der Waals surface area contributed by atoms with Crippen LogP contribution >= 0.6 is 0 Å². The van der Waals surface area contributed by atoms with Crippen LogP contribution in [0.4, 0.5) is 10.5 Å². The molecular weight excluding hydrogens is 296 g/mol. The van der Waals surface area contributed by atoms with E-state index in [-0.39, 0.29) is 29.3 Å². The highest BCUT2D eigenvalue weighted by molar-refractivity contribution is 7.91. The zero-order valence-corrected chi connectivity index (χ0v) is 12.7. The quantitative estimate of drug-likeness (QED) is 0.731. The lowest BCUT2D eigenvalue weighted by atomic mass is 10.1. The second-order valence-corrected chi connectivity index (χ2v) is 6.89. The fourth-order valence-corrected chi connectivity index (χ4v) is 2.39. The number of carbonyl (C=O) groups is 2. The predicted molar refractivity (Wildman–Crippen MR) is 79.5 cm³/mol. The Morgan fingerprint density at radius 2 is 1.95 bits per heavy atom. The van der Waals surface area contributed by atoms with Crippen LogP contribution in [0.2, 0.25) is 0 Å². The molecule has 1 rings (SSSR count). The number of rotatable bonds is 6. The third-order valence-electron chi connectivity index (χ3n) is 2.87. The van der Waals surface area contributed by atoms with Gasteiger partial charge in [-0.15, -0.1) is 0 Å². The van der Waals surface area contributed by atoms with Crippen molar-refractivity contribution in [1.82, 2.24) is 5.32 Å². The van der Waals surface area contributed by atoms with Gasteiger partial charge in [0.1, 0.15) is 0 Å². The maximum absolute atomic E-state index is 11.7. The van der Waals surface area contributed by atoms with Crippen LogP contribution in [0.25, 0.3) is 0 Å². The third-order valence-corrected chi connectivity index (χ3v) is 4.58. The summed E-state index contributed by atoms with van der Waals surface area (Å²) in [5, 5.41) is 13.9. The van der Waals surface area contributed by atoms with Crippen LogP contribution in [0.3, 0.4) is 0 Å². The minimum atomic E-state index is -3.15. The Bertz CT molecular complexity index is 640. The minimum Gasteiger partial charge on any atom is -0.478 e. The summed E-state index contributed by atoms with van der Waals surface area (Å²) in [6.45, 7) is 3.12. The molecule has 1 aromatic carbocycles. The number of carboxylic acid groups (broad SMARTS) is 1. The molecule has 0 aromatic heterocycles. The van der Waals surface area contributed by atoms with Gasteiger partial charge in [0.05, 0.1) is 17.0 Å². The van der Waals surface area contributed by atoms with Gasteiger partial charge in [-0.1, -0.05) is 19.1 Å². The minimum absolute atomic E-state index is 0.00818. The van der Waals surface area contributed by atoms with Crippen LogP contribution in [0, 0.1) is 6.92 Å². The highest BCUT2D eigenvalue weighted by Gasteiger charge is 2.15. The molecule has 0 aliphatic rings. The first-order valence-corrected chi connectivity index (χ1v) is 8.17. The lowest BCUT2D eigenvalue weighted by molar-refractivity contribution is 0.0697. The zero-order valence-electron chi connectivity index (χ0n) is 11.8. The van der Waals surface area contributed by atoms with E-state index in [4.69, 9.17) is 5.11 Å². The lowest BCUT2D eigenvalue weighted by Crippen LogP contribution is -2.33. The molecule has 7 nitrogen and oxygen atoms in total. The summed E-state index contributed by atoms with van der Waals surface area (Å²) in [6, 6.07) is 4.08. The Kier molecular flexibility index (Phi) is 5.71. The van der Waals surface area contributed by atoms with E-state index >= 15 is 0 Å². The van der Waals surface area contributed by atoms with Crippen molar-refractivity contribution in [1.29, 1.82) is 0 Å². The van der Waals surface area contributed by atoms with Gasteiger partial charge in [0.2, 0.25) is 0 Å². The van der Waals surface area contributed by atoms with E-state index in [0.29, 0.717) is 5.56 Å². The zero-order chi connectivity index (χ0) is 16.0. The molecule has 0 aliphatic carbocycles. The van der Waals surface area contributed by atoms with Gasteiger partial charge in [0.15, 0.2) is 9.84 Å². The topological polar surface area (TPSA) is 113 Å². The van der Waals surface area contributed by atoms with Crippen molar-refractivity contribution in [2.24, 2.45) is 0 Å². The smallest absolute Gasteiger partial charge is 0.338 e.